The van der Waals surface area contributed by atoms with E-state index >= 15 is 0 Å². The smallest absolute Gasteiger partial charge is 0.257 e. The van der Waals surface area contributed by atoms with Gasteiger partial charge in [0.25, 0.3) is 5.91 Å². The number of morpholine rings is 1. The fraction of sp³-hybridized carbons (Fsp3) is 0.438. The van der Waals surface area contributed by atoms with E-state index in [2.05, 4.69) is 26.1 Å². The molecule has 0 unspecified atom stereocenters. The summed E-state index contributed by atoms with van der Waals surface area (Å²) in [5, 5.41) is 3.52. The van der Waals surface area contributed by atoms with Gasteiger partial charge < -0.3 is 24.3 Å². The Morgan fingerprint density at radius 3 is 2.61 bits per heavy atom. The summed E-state index contributed by atoms with van der Waals surface area (Å²) in [4.78, 5) is 16.5. The molecule has 0 bridgehead atoms. The van der Waals surface area contributed by atoms with Crippen molar-refractivity contribution < 1.29 is 13.9 Å². The fourth-order valence-corrected chi connectivity index (χ4v) is 3.47. The molecule has 1 fully saturated rings. The third kappa shape index (κ3) is 2.90. The molecule has 0 spiro atoms. The number of fused-ring (bicyclic) bond motifs is 1. The van der Waals surface area contributed by atoms with Crippen molar-refractivity contribution in [2.24, 2.45) is 0 Å². The van der Waals surface area contributed by atoms with E-state index in [1.165, 1.54) is 0 Å². The van der Waals surface area contributed by atoms with Gasteiger partial charge in [0, 0.05) is 50.2 Å². The van der Waals surface area contributed by atoms with Crippen LogP contribution in [0.15, 0.2) is 21.0 Å². The molecular formula is C16H20BrN3O3. The number of amides is 1. The lowest BCUT2D eigenvalue weighted by Gasteiger charge is -2.27. The van der Waals surface area contributed by atoms with Crippen molar-refractivity contribution in [2.45, 2.75) is 0 Å². The van der Waals surface area contributed by atoms with E-state index in [1.54, 1.807) is 7.05 Å². The maximum absolute atomic E-state index is 12.4. The van der Waals surface area contributed by atoms with Crippen molar-refractivity contribution in [1.29, 1.82) is 0 Å². The predicted molar refractivity (Wildman–Crippen MR) is 94.7 cm³/mol. The topological polar surface area (TPSA) is 58.0 Å². The van der Waals surface area contributed by atoms with Gasteiger partial charge in [0.05, 0.1) is 18.9 Å². The number of rotatable bonds is 3. The Kier molecular flexibility index (Phi) is 4.50. The molecule has 1 aromatic heterocycles. The Hall–Kier alpha value is -1.73. The summed E-state index contributed by atoms with van der Waals surface area (Å²) in [5.74, 6) is 0.472. The molecule has 1 saturated heterocycles. The van der Waals surface area contributed by atoms with E-state index in [0.717, 1.165) is 15.5 Å². The zero-order valence-electron chi connectivity index (χ0n) is 13.5. The summed E-state index contributed by atoms with van der Waals surface area (Å²) in [5.41, 5.74) is 2.29. The van der Waals surface area contributed by atoms with Crippen LogP contribution in [0.1, 0.15) is 10.4 Å². The Balaban J connectivity index is 2.19. The van der Waals surface area contributed by atoms with Gasteiger partial charge >= 0.3 is 0 Å². The molecule has 0 atom stereocenters. The molecule has 0 radical (unpaired) electrons. The molecule has 6 nitrogen and oxygen atoms in total. The maximum Gasteiger partial charge on any atom is 0.257 e. The lowest BCUT2D eigenvalue weighted by Crippen LogP contribution is -2.37. The van der Waals surface area contributed by atoms with Crippen LogP contribution in [0.4, 0.5) is 11.6 Å². The normalized spacial score (nSPS) is 15.0. The van der Waals surface area contributed by atoms with Crippen molar-refractivity contribution in [3.05, 3.63) is 22.2 Å². The van der Waals surface area contributed by atoms with Crippen LogP contribution in [-0.4, -0.2) is 53.4 Å². The Morgan fingerprint density at radius 1 is 1.30 bits per heavy atom. The Morgan fingerprint density at radius 2 is 2.00 bits per heavy atom. The fourth-order valence-electron chi connectivity index (χ4n) is 2.77. The number of furan rings is 1. The molecule has 3 rings (SSSR count). The number of hydrogen-bond donors (Lipinski definition) is 1. The zero-order chi connectivity index (χ0) is 16.6. The molecular weight excluding hydrogens is 362 g/mol. The van der Waals surface area contributed by atoms with Crippen LogP contribution in [0.3, 0.4) is 0 Å². The van der Waals surface area contributed by atoms with E-state index in [1.807, 2.05) is 31.1 Å². The number of benzene rings is 1. The summed E-state index contributed by atoms with van der Waals surface area (Å²) >= 11 is 3.58. The zero-order valence-corrected chi connectivity index (χ0v) is 15.1. The van der Waals surface area contributed by atoms with Gasteiger partial charge in [-0.15, -0.1) is 0 Å². The van der Waals surface area contributed by atoms with Crippen LogP contribution in [0.5, 0.6) is 0 Å². The van der Waals surface area contributed by atoms with Gasteiger partial charge in [0.2, 0.25) is 5.88 Å². The van der Waals surface area contributed by atoms with Crippen LogP contribution in [0.25, 0.3) is 11.0 Å². The lowest BCUT2D eigenvalue weighted by molar-refractivity contribution is 0.0961. The van der Waals surface area contributed by atoms with Crippen molar-refractivity contribution in [1.82, 2.24) is 5.32 Å². The number of hydrogen-bond acceptors (Lipinski definition) is 5. The minimum atomic E-state index is -0.144. The number of anilines is 2. The van der Waals surface area contributed by atoms with Gasteiger partial charge in [-0.3, -0.25) is 4.79 Å². The van der Waals surface area contributed by atoms with Crippen LogP contribution in [0, 0.1) is 0 Å². The van der Waals surface area contributed by atoms with E-state index in [-0.39, 0.29) is 5.91 Å². The number of nitrogens with one attached hydrogen (secondary N) is 1. The van der Waals surface area contributed by atoms with E-state index in [9.17, 15) is 4.79 Å². The minimum absolute atomic E-state index is 0.144. The van der Waals surface area contributed by atoms with Gasteiger partial charge in [-0.25, -0.2) is 0 Å². The molecule has 0 aliphatic carbocycles. The van der Waals surface area contributed by atoms with Crippen LogP contribution >= 0.6 is 15.9 Å². The summed E-state index contributed by atoms with van der Waals surface area (Å²) < 4.78 is 12.4. The number of carbonyl (C=O) groups excluding carboxylic acids is 1. The second-order valence-electron chi connectivity index (χ2n) is 5.65. The first kappa shape index (κ1) is 16.1. The second kappa shape index (κ2) is 6.41. The number of carbonyl (C=O) groups is 1. The largest absolute Gasteiger partial charge is 0.440 e. The first-order valence-corrected chi connectivity index (χ1v) is 8.30. The number of nitrogens with zero attached hydrogens (tertiary/aromatic N) is 2. The summed E-state index contributed by atoms with van der Waals surface area (Å²) in [6.45, 7) is 2.70. The lowest BCUT2D eigenvalue weighted by atomic mass is 10.1. The molecule has 23 heavy (non-hydrogen) atoms. The van der Waals surface area contributed by atoms with Gasteiger partial charge in [0.1, 0.15) is 11.1 Å². The van der Waals surface area contributed by atoms with Crippen LogP contribution < -0.4 is 15.1 Å². The first-order valence-electron chi connectivity index (χ1n) is 7.51. The third-order valence-corrected chi connectivity index (χ3v) is 4.61. The molecule has 2 aromatic rings. The number of ether oxygens (including phenoxy) is 1. The predicted octanol–water partition coefficient (Wildman–Crippen LogP) is 2.46. The molecule has 124 valence electrons. The van der Waals surface area contributed by atoms with Crippen LogP contribution in [-0.2, 0) is 4.74 Å². The van der Waals surface area contributed by atoms with E-state index in [4.69, 9.17) is 9.15 Å². The molecule has 7 heteroatoms. The highest BCUT2D eigenvalue weighted by Crippen LogP contribution is 2.38. The molecule has 1 amide bonds. The summed E-state index contributed by atoms with van der Waals surface area (Å²) in [6.07, 6.45) is 0. The monoisotopic (exact) mass is 381 g/mol. The van der Waals surface area contributed by atoms with Gasteiger partial charge in [-0.1, -0.05) is 0 Å². The van der Waals surface area contributed by atoms with Crippen molar-refractivity contribution >= 4 is 44.4 Å². The average Bonchev–Trinajstić information content (AvgIpc) is 2.92. The highest BCUT2D eigenvalue weighted by atomic mass is 79.9. The highest BCUT2D eigenvalue weighted by Gasteiger charge is 2.26. The van der Waals surface area contributed by atoms with Gasteiger partial charge in [-0.2, -0.15) is 0 Å². The van der Waals surface area contributed by atoms with Crippen LogP contribution in [0.2, 0.25) is 0 Å². The van der Waals surface area contributed by atoms with Gasteiger partial charge in [-0.05, 0) is 22.0 Å². The molecule has 1 aromatic carbocycles. The van der Waals surface area contributed by atoms with Crippen molar-refractivity contribution in [3.63, 3.8) is 0 Å². The summed E-state index contributed by atoms with van der Waals surface area (Å²) in [6, 6.07) is 3.90. The standard InChI is InChI=1S/C16H20BrN3O3/c1-18-15(21)14-10-8-11(17)12(19(2)3)9-13(10)23-16(14)20-4-6-22-7-5-20/h8-9H,4-7H2,1-3H3,(H,18,21). The third-order valence-electron chi connectivity index (χ3n) is 3.97. The maximum atomic E-state index is 12.4. The van der Waals surface area contributed by atoms with E-state index < -0.39 is 0 Å². The molecule has 1 N–H and O–H groups in total. The first-order chi connectivity index (χ1) is 11.0. The summed E-state index contributed by atoms with van der Waals surface area (Å²) in [7, 11) is 5.57. The average molecular weight is 382 g/mol. The molecule has 1 aliphatic rings. The SMILES string of the molecule is CNC(=O)c1c(N2CCOCC2)oc2cc(N(C)C)c(Br)cc12. The van der Waals surface area contributed by atoms with E-state index in [0.29, 0.717) is 43.3 Å². The second-order valence-corrected chi connectivity index (χ2v) is 6.51. The quantitative estimate of drug-likeness (QED) is 0.884. The molecule has 1 aliphatic heterocycles. The van der Waals surface area contributed by atoms with Crippen molar-refractivity contribution in [2.75, 3.05) is 57.2 Å². The highest BCUT2D eigenvalue weighted by molar-refractivity contribution is 9.10. The minimum Gasteiger partial charge on any atom is -0.440 e. The molecule has 0 saturated carbocycles. The van der Waals surface area contributed by atoms with Gasteiger partial charge in [0.15, 0.2) is 0 Å². The Bertz CT molecular complexity index is 736. The molecule has 2 heterocycles. The number of halogens is 1. The Labute approximate surface area is 143 Å². The van der Waals surface area contributed by atoms with Crippen molar-refractivity contribution in [3.8, 4) is 0 Å².